The quantitative estimate of drug-likeness (QED) is 0.816. The van der Waals surface area contributed by atoms with Gasteiger partial charge in [-0.25, -0.2) is 9.18 Å². The summed E-state index contributed by atoms with van der Waals surface area (Å²) in [5, 5.41) is 5.87. The van der Waals surface area contributed by atoms with Crippen molar-refractivity contribution >= 4 is 11.9 Å². The van der Waals surface area contributed by atoms with Gasteiger partial charge in [-0.3, -0.25) is 4.79 Å². The molecule has 2 atom stereocenters. The summed E-state index contributed by atoms with van der Waals surface area (Å²) in [4.78, 5) is 26.8. The lowest BCUT2D eigenvalue weighted by molar-refractivity contribution is -0.124. The molecule has 1 heterocycles. The van der Waals surface area contributed by atoms with Gasteiger partial charge in [0, 0.05) is 31.6 Å². The predicted octanol–water partition coefficient (Wildman–Crippen LogP) is 3.12. The molecule has 1 aliphatic heterocycles. The van der Waals surface area contributed by atoms with Crippen molar-refractivity contribution in [1.29, 1.82) is 0 Å². The second-order valence-electron chi connectivity index (χ2n) is 7.75. The highest BCUT2D eigenvalue weighted by Crippen LogP contribution is 2.33. The van der Waals surface area contributed by atoms with Crippen LogP contribution in [0.4, 0.5) is 9.18 Å². The van der Waals surface area contributed by atoms with Crippen LogP contribution in [0.5, 0.6) is 0 Å². The van der Waals surface area contributed by atoms with E-state index < -0.39 is 0 Å². The first-order valence-electron chi connectivity index (χ1n) is 9.36. The zero-order chi connectivity index (χ0) is 19.3. The van der Waals surface area contributed by atoms with Crippen LogP contribution < -0.4 is 10.6 Å². The minimum Gasteiger partial charge on any atom is -0.356 e. The smallest absolute Gasteiger partial charge is 0.317 e. The molecule has 0 bridgehead atoms. The lowest BCUT2D eigenvalue weighted by Crippen LogP contribution is -2.42. The average Bonchev–Trinajstić information content (AvgIpc) is 3.00. The molecule has 0 unspecified atom stereocenters. The molecule has 6 heteroatoms. The van der Waals surface area contributed by atoms with Crippen LogP contribution >= 0.6 is 0 Å². The van der Waals surface area contributed by atoms with E-state index >= 15 is 0 Å². The largest absolute Gasteiger partial charge is 0.356 e. The highest BCUT2D eigenvalue weighted by atomic mass is 19.1. The van der Waals surface area contributed by atoms with Crippen LogP contribution in [0.15, 0.2) is 24.3 Å². The highest BCUT2D eigenvalue weighted by molar-refractivity contribution is 5.83. The van der Waals surface area contributed by atoms with E-state index in [-0.39, 0.29) is 35.6 Å². The van der Waals surface area contributed by atoms with Gasteiger partial charge >= 0.3 is 6.03 Å². The lowest BCUT2D eigenvalue weighted by atomic mass is 9.88. The van der Waals surface area contributed by atoms with Gasteiger partial charge in [0.15, 0.2) is 0 Å². The number of nitrogens with one attached hydrogen (secondary N) is 2. The summed E-state index contributed by atoms with van der Waals surface area (Å²) in [5.74, 6) is -0.294. The van der Waals surface area contributed by atoms with Crippen molar-refractivity contribution < 1.29 is 14.0 Å². The van der Waals surface area contributed by atoms with Crippen LogP contribution in [0.25, 0.3) is 0 Å². The fourth-order valence-corrected chi connectivity index (χ4v) is 3.24. The Morgan fingerprint density at radius 2 is 1.81 bits per heavy atom. The zero-order valence-electron chi connectivity index (χ0n) is 16.1. The number of rotatable bonds is 6. The molecule has 2 rings (SSSR count). The number of carbonyl (C=O) groups excluding carboxylic acids is 2. The Hall–Kier alpha value is -2.11. The third-order valence-corrected chi connectivity index (χ3v) is 4.68. The molecule has 0 radical (unpaired) electrons. The molecule has 0 saturated carbocycles. The molecule has 3 amide bonds. The number of likely N-dealkylation sites (tertiary alicyclic amines) is 1. The van der Waals surface area contributed by atoms with Crippen molar-refractivity contribution in [2.45, 2.75) is 46.1 Å². The Kier molecular flexibility index (Phi) is 7.00. The topological polar surface area (TPSA) is 61.4 Å². The Balaban J connectivity index is 2.13. The fraction of sp³-hybridized carbons (Fsp3) is 0.600. The van der Waals surface area contributed by atoms with Crippen molar-refractivity contribution in [3.8, 4) is 0 Å². The summed E-state index contributed by atoms with van der Waals surface area (Å²) in [5.41, 5.74) is 0.884. The number of hydrogen-bond acceptors (Lipinski definition) is 2. The van der Waals surface area contributed by atoms with E-state index in [2.05, 4.69) is 24.5 Å². The lowest BCUT2D eigenvalue weighted by Gasteiger charge is -2.19. The molecule has 0 spiro atoms. The van der Waals surface area contributed by atoms with Crippen molar-refractivity contribution in [3.63, 3.8) is 0 Å². The first-order valence-corrected chi connectivity index (χ1v) is 9.36. The van der Waals surface area contributed by atoms with E-state index in [1.807, 2.05) is 13.8 Å². The number of amides is 3. The van der Waals surface area contributed by atoms with Crippen molar-refractivity contribution in [3.05, 3.63) is 35.6 Å². The third kappa shape index (κ3) is 5.44. The van der Waals surface area contributed by atoms with Gasteiger partial charge in [0.2, 0.25) is 5.91 Å². The molecule has 0 aromatic heterocycles. The Labute approximate surface area is 155 Å². The molecule has 1 fully saturated rings. The zero-order valence-corrected chi connectivity index (χ0v) is 16.1. The monoisotopic (exact) mass is 363 g/mol. The minimum absolute atomic E-state index is 0.0330. The second kappa shape index (κ2) is 9.01. The van der Waals surface area contributed by atoms with Gasteiger partial charge < -0.3 is 15.5 Å². The van der Waals surface area contributed by atoms with E-state index in [1.54, 1.807) is 17.0 Å². The maximum absolute atomic E-state index is 13.3. The molecular weight excluding hydrogens is 333 g/mol. The summed E-state index contributed by atoms with van der Waals surface area (Å²) in [7, 11) is 0. The minimum atomic E-state index is -0.328. The molecule has 2 N–H and O–H groups in total. The number of urea groups is 1. The molecule has 1 aliphatic rings. The number of halogens is 1. The highest BCUT2D eigenvalue weighted by Gasteiger charge is 2.40. The van der Waals surface area contributed by atoms with Gasteiger partial charge in [0.1, 0.15) is 5.82 Å². The van der Waals surface area contributed by atoms with E-state index in [4.69, 9.17) is 0 Å². The van der Waals surface area contributed by atoms with Gasteiger partial charge in [-0.15, -0.1) is 0 Å². The average molecular weight is 363 g/mol. The van der Waals surface area contributed by atoms with Gasteiger partial charge in [-0.05, 0) is 43.9 Å². The summed E-state index contributed by atoms with van der Waals surface area (Å²) in [6, 6.07) is 6.09. The van der Waals surface area contributed by atoms with E-state index in [9.17, 15) is 14.0 Å². The van der Waals surface area contributed by atoms with Gasteiger partial charge in [-0.1, -0.05) is 26.0 Å². The first kappa shape index (κ1) is 20.2. The fourth-order valence-electron chi connectivity index (χ4n) is 3.24. The molecule has 144 valence electrons. The van der Waals surface area contributed by atoms with Crippen molar-refractivity contribution in [2.75, 3.05) is 19.6 Å². The van der Waals surface area contributed by atoms with Crippen LogP contribution in [0.3, 0.4) is 0 Å². The Morgan fingerprint density at radius 1 is 1.15 bits per heavy atom. The summed E-state index contributed by atoms with van der Waals surface area (Å²) in [6.07, 6.45) is 0.914. The van der Waals surface area contributed by atoms with E-state index in [1.165, 1.54) is 12.1 Å². The van der Waals surface area contributed by atoms with E-state index in [0.717, 1.165) is 12.0 Å². The van der Waals surface area contributed by atoms with E-state index in [0.29, 0.717) is 25.6 Å². The standard InChI is InChI=1S/C20H30FN3O2/c1-13(2)9-10-22-19(25)18-12-24(20(26)23-14(3)4)11-17(18)15-5-7-16(21)8-6-15/h5-8,13-14,17-18H,9-12H2,1-4H3,(H,22,25)(H,23,26)/t17-,18-/m0/s1. The van der Waals surface area contributed by atoms with Gasteiger partial charge in [-0.2, -0.15) is 0 Å². The normalized spacial score (nSPS) is 19.9. The molecule has 1 saturated heterocycles. The molecule has 1 aromatic rings. The molecular formula is C20H30FN3O2. The summed E-state index contributed by atoms with van der Waals surface area (Å²) in [6.45, 7) is 9.48. The van der Waals surface area contributed by atoms with Crippen LogP contribution in [0, 0.1) is 17.7 Å². The number of carbonyl (C=O) groups is 2. The van der Waals surface area contributed by atoms with Gasteiger partial charge in [0.05, 0.1) is 5.92 Å². The number of nitrogens with zero attached hydrogens (tertiary/aromatic N) is 1. The number of benzene rings is 1. The maximum Gasteiger partial charge on any atom is 0.317 e. The van der Waals surface area contributed by atoms with Crippen LogP contribution in [-0.4, -0.2) is 42.5 Å². The van der Waals surface area contributed by atoms with Crippen LogP contribution in [0.1, 0.15) is 45.6 Å². The molecule has 26 heavy (non-hydrogen) atoms. The number of hydrogen-bond donors (Lipinski definition) is 2. The maximum atomic E-state index is 13.3. The predicted molar refractivity (Wildman–Crippen MR) is 100 cm³/mol. The summed E-state index contributed by atoms with van der Waals surface area (Å²) >= 11 is 0. The van der Waals surface area contributed by atoms with Crippen molar-refractivity contribution in [2.24, 2.45) is 11.8 Å². The third-order valence-electron chi connectivity index (χ3n) is 4.68. The van der Waals surface area contributed by atoms with Gasteiger partial charge in [0.25, 0.3) is 0 Å². The Morgan fingerprint density at radius 3 is 2.38 bits per heavy atom. The van der Waals surface area contributed by atoms with Crippen LogP contribution in [0.2, 0.25) is 0 Å². The summed E-state index contributed by atoms with van der Waals surface area (Å²) < 4.78 is 13.3. The first-order chi connectivity index (χ1) is 12.3. The van der Waals surface area contributed by atoms with Crippen LogP contribution in [-0.2, 0) is 4.79 Å². The van der Waals surface area contributed by atoms with Crippen molar-refractivity contribution in [1.82, 2.24) is 15.5 Å². The molecule has 1 aromatic carbocycles. The molecule has 0 aliphatic carbocycles. The second-order valence-corrected chi connectivity index (χ2v) is 7.75. The Bertz CT molecular complexity index is 616. The SMILES string of the molecule is CC(C)CCNC(=O)[C@H]1CN(C(=O)NC(C)C)C[C@H]1c1ccc(F)cc1. The molecule has 5 nitrogen and oxygen atoms in total.